The van der Waals surface area contributed by atoms with Crippen molar-refractivity contribution in [3.63, 3.8) is 0 Å². The Morgan fingerprint density at radius 1 is 1.12 bits per heavy atom. The number of fused-ring (bicyclic) bond motifs is 1. The summed E-state index contributed by atoms with van der Waals surface area (Å²) in [6.07, 6.45) is 0.485. The van der Waals surface area contributed by atoms with Gasteiger partial charge in [0.15, 0.2) is 0 Å². The Kier molecular flexibility index (Phi) is 5.87. The molecule has 0 saturated carbocycles. The zero-order valence-corrected chi connectivity index (χ0v) is 16.0. The molecule has 6 nitrogen and oxygen atoms in total. The van der Waals surface area contributed by atoms with Gasteiger partial charge < -0.3 is 5.32 Å². The molecule has 7 heteroatoms. The Morgan fingerprint density at radius 2 is 1.72 bits per heavy atom. The molecule has 1 heterocycles. The van der Waals surface area contributed by atoms with E-state index in [0.717, 1.165) is 4.31 Å². The van der Waals surface area contributed by atoms with Gasteiger partial charge in [0.05, 0.1) is 5.56 Å². The number of benzene rings is 1. The first-order chi connectivity index (χ1) is 11.7. The van der Waals surface area contributed by atoms with E-state index in [2.05, 4.69) is 33.0 Å². The van der Waals surface area contributed by atoms with Crippen LogP contribution in [0.25, 0.3) is 0 Å². The fourth-order valence-corrected chi connectivity index (χ4v) is 4.80. The largest absolute Gasteiger partial charge is 0.353 e. The van der Waals surface area contributed by atoms with Gasteiger partial charge in [-0.05, 0) is 30.4 Å². The number of nitrogens with zero attached hydrogens (tertiary/aromatic N) is 1. The molecule has 138 valence electrons. The highest BCUT2D eigenvalue weighted by Crippen LogP contribution is 2.30. The van der Waals surface area contributed by atoms with E-state index in [1.807, 2.05) is 0 Å². The fourth-order valence-electron chi connectivity index (χ4n) is 3.20. The third-order valence-corrected chi connectivity index (χ3v) is 6.28. The molecule has 25 heavy (non-hydrogen) atoms. The van der Waals surface area contributed by atoms with Crippen molar-refractivity contribution in [3.8, 4) is 0 Å². The smallest absolute Gasteiger partial charge is 0.269 e. The van der Waals surface area contributed by atoms with Crippen LogP contribution in [0.1, 0.15) is 50.9 Å². The zero-order chi connectivity index (χ0) is 18.8. The minimum absolute atomic E-state index is 0.0112. The number of carbonyl (C=O) groups excluding carboxylic acids is 2. The van der Waals surface area contributed by atoms with Crippen molar-refractivity contribution >= 4 is 21.8 Å². The topological polar surface area (TPSA) is 83.6 Å². The molecule has 1 N–H and O–H groups in total. The average Bonchev–Trinajstić information content (AvgIpc) is 2.73. The molecule has 0 atom stereocenters. The Bertz CT molecular complexity index is 748. The SMILES string of the molecule is CC(C)C(NC(=O)CCCN1C(=O)c2ccccc2S1(=O)=O)C(C)C. The van der Waals surface area contributed by atoms with E-state index in [4.69, 9.17) is 0 Å². The van der Waals surface area contributed by atoms with Crippen molar-refractivity contribution in [1.82, 2.24) is 9.62 Å². The summed E-state index contributed by atoms with van der Waals surface area (Å²) in [6.45, 7) is 8.22. The van der Waals surface area contributed by atoms with E-state index < -0.39 is 15.9 Å². The van der Waals surface area contributed by atoms with Crippen LogP contribution in [0.2, 0.25) is 0 Å². The predicted molar refractivity (Wildman–Crippen MR) is 95.5 cm³/mol. The maximum Gasteiger partial charge on any atom is 0.269 e. The molecular weight excluding hydrogens is 340 g/mol. The second-order valence-electron chi connectivity index (χ2n) is 7.06. The van der Waals surface area contributed by atoms with Crippen LogP contribution in [0.4, 0.5) is 0 Å². The third-order valence-electron chi connectivity index (χ3n) is 4.44. The van der Waals surface area contributed by atoms with Crippen molar-refractivity contribution in [2.45, 2.75) is 51.5 Å². The molecule has 2 amide bonds. The molecule has 1 aliphatic heterocycles. The summed E-state index contributed by atoms with van der Waals surface area (Å²) in [6, 6.07) is 6.26. The molecule has 0 fully saturated rings. The second-order valence-corrected chi connectivity index (χ2v) is 8.89. The maximum absolute atomic E-state index is 12.4. The molecular formula is C18H26N2O4S. The van der Waals surface area contributed by atoms with Crippen LogP contribution >= 0.6 is 0 Å². The Balaban J connectivity index is 1.95. The normalized spacial score (nSPS) is 16.0. The summed E-state index contributed by atoms with van der Waals surface area (Å²) in [7, 11) is -3.79. The first-order valence-electron chi connectivity index (χ1n) is 8.61. The van der Waals surface area contributed by atoms with Crippen LogP contribution in [0.5, 0.6) is 0 Å². The molecule has 1 aromatic carbocycles. The minimum atomic E-state index is -3.79. The molecule has 0 spiro atoms. The molecule has 0 bridgehead atoms. The number of rotatable bonds is 7. The molecule has 1 aromatic rings. The standard InChI is InChI=1S/C18H26N2O4S/c1-12(2)17(13(3)4)19-16(21)10-7-11-20-18(22)14-8-5-6-9-15(14)25(20,23)24/h5-6,8-9,12-13,17H,7,10-11H2,1-4H3,(H,19,21). The van der Waals surface area contributed by atoms with Crippen molar-refractivity contribution in [1.29, 1.82) is 0 Å². The summed E-state index contributed by atoms with van der Waals surface area (Å²) in [4.78, 5) is 24.5. The first-order valence-corrected chi connectivity index (χ1v) is 10.1. The number of sulfonamides is 1. The summed E-state index contributed by atoms with van der Waals surface area (Å²) in [5.41, 5.74) is 0.201. The highest BCUT2D eigenvalue weighted by Gasteiger charge is 2.40. The minimum Gasteiger partial charge on any atom is -0.353 e. The molecule has 0 aromatic heterocycles. The summed E-state index contributed by atoms with van der Waals surface area (Å²) >= 11 is 0. The maximum atomic E-state index is 12.4. The predicted octanol–water partition coefficient (Wildman–Crippen LogP) is 2.41. The lowest BCUT2D eigenvalue weighted by molar-refractivity contribution is -0.122. The van der Waals surface area contributed by atoms with Gasteiger partial charge in [-0.2, -0.15) is 0 Å². The molecule has 0 unspecified atom stereocenters. The van der Waals surface area contributed by atoms with E-state index in [0.29, 0.717) is 18.3 Å². The molecule has 1 aliphatic rings. The van der Waals surface area contributed by atoms with Crippen molar-refractivity contribution < 1.29 is 18.0 Å². The Hall–Kier alpha value is -1.89. The Morgan fingerprint density at radius 3 is 2.28 bits per heavy atom. The van der Waals surface area contributed by atoms with Gasteiger partial charge in [-0.3, -0.25) is 9.59 Å². The molecule has 0 radical (unpaired) electrons. The summed E-state index contributed by atoms with van der Waals surface area (Å²) < 4.78 is 25.7. The van der Waals surface area contributed by atoms with Gasteiger partial charge in [-0.15, -0.1) is 0 Å². The molecule has 0 aliphatic carbocycles. The van der Waals surface area contributed by atoms with Crippen molar-refractivity contribution in [2.24, 2.45) is 11.8 Å². The van der Waals surface area contributed by atoms with Crippen LogP contribution in [0.3, 0.4) is 0 Å². The van der Waals surface area contributed by atoms with Crippen LogP contribution in [0.15, 0.2) is 29.2 Å². The van der Waals surface area contributed by atoms with Crippen LogP contribution < -0.4 is 5.32 Å². The molecule has 0 saturated heterocycles. The lowest BCUT2D eigenvalue weighted by Gasteiger charge is -2.26. The Labute approximate surface area is 149 Å². The quantitative estimate of drug-likeness (QED) is 0.803. The number of hydrogen-bond acceptors (Lipinski definition) is 4. The second kappa shape index (κ2) is 7.56. The molecule has 2 rings (SSSR count). The van der Waals surface area contributed by atoms with Gasteiger partial charge in [0.1, 0.15) is 4.90 Å². The third kappa shape index (κ3) is 4.03. The number of hydrogen-bond donors (Lipinski definition) is 1. The highest BCUT2D eigenvalue weighted by molar-refractivity contribution is 7.90. The van der Waals surface area contributed by atoms with E-state index in [1.54, 1.807) is 12.1 Å². The zero-order valence-electron chi connectivity index (χ0n) is 15.2. The van der Waals surface area contributed by atoms with Crippen LogP contribution in [-0.2, 0) is 14.8 Å². The average molecular weight is 366 g/mol. The van der Waals surface area contributed by atoms with E-state index in [1.165, 1.54) is 12.1 Å². The summed E-state index contributed by atoms with van der Waals surface area (Å²) in [5, 5.41) is 3.00. The number of nitrogens with one attached hydrogen (secondary N) is 1. The van der Waals surface area contributed by atoms with E-state index in [9.17, 15) is 18.0 Å². The van der Waals surface area contributed by atoms with Crippen LogP contribution in [-0.4, -0.2) is 37.1 Å². The number of amides is 2. The van der Waals surface area contributed by atoms with Gasteiger partial charge in [0.2, 0.25) is 5.91 Å². The van der Waals surface area contributed by atoms with Crippen molar-refractivity contribution in [2.75, 3.05) is 6.54 Å². The summed E-state index contributed by atoms with van der Waals surface area (Å²) in [5.74, 6) is 0.00479. The first kappa shape index (κ1) is 19.4. The van der Waals surface area contributed by atoms with Gasteiger partial charge in [-0.1, -0.05) is 39.8 Å². The van der Waals surface area contributed by atoms with Gasteiger partial charge in [0, 0.05) is 19.0 Å². The van der Waals surface area contributed by atoms with E-state index >= 15 is 0 Å². The van der Waals surface area contributed by atoms with Gasteiger partial charge in [-0.25, -0.2) is 12.7 Å². The fraction of sp³-hybridized carbons (Fsp3) is 0.556. The van der Waals surface area contributed by atoms with Crippen molar-refractivity contribution in [3.05, 3.63) is 29.8 Å². The van der Waals surface area contributed by atoms with Gasteiger partial charge >= 0.3 is 0 Å². The lowest BCUT2D eigenvalue weighted by atomic mass is 9.93. The van der Waals surface area contributed by atoms with E-state index in [-0.39, 0.29) is 35.4 Å². The van der Waals surface area contributed by atoms with Crippen LogP contribution in [0, 0.1) is 11.8 Å². The lowest BCUT2D eigenvalue weighted by Crippen LogP contribution is -2.42. The van der Waals surface area contributed by atoms with Gasteiger partial charge in [0.25, 0.3) is 15.9 Å². The number of carbonyl (C=O) groups is 2. The highest BCUT2D eigenvalue weighted by atomic mass is 32.2. The monoisotopic (exact) mass is 366 g/mol.